The van der Waals surface area contributed by atoms with Crippen LogP contribution in [-0.2, 0) is 12.0 Å². The topological polar surface area (TPSA) is 26.3 Å². The van der Waals surface area contributed by atoms with Gasteiger partial charge >= 0.3 is 0 Å². The van der Waals surface area contributed by atoms with E-state index < -0.39 is 0 Å². The Morgan fingerprint density at radius 2 is 1.71 bits per heavy atom. The third kappa shape index (κ3) is 3.94. The summed E-state index contributed by atoms with van der Waals surface area (Å²) in [7, 11) is 0. The number of benzene rings is 2. The van der Waals surface area contributed by atoms with E-state index in [1.165, 1.54) is 0 Å². The van der Waals surface area contributed by atoms with E-state index >= 15 is 0 Å². The molecule has 0 atom stereocenters. The predicted octanol–water partition coefficient (Wildman–Crippen LogP) is 4.77. The second-order valence-electron chi connectivity index (χ2n) is 6.29. The summed E-state index contributed by atoms with van der Waals surface area (Å²) in [5.41, 5.74) is 2.92. The highest BCUT2D eigenvalue weighted by Gasteiger charge is 2.17. The van der Waals surface area contributed by atoms with Crippen molar-refractivity contribution in [2.75, 3.05) is 0 Å². The molecular weight excluding hydrogens is 260 g/mol. The lowest BCUT2D eigenvalue weighted by Gasteiger charge is -2.21. The maximum atomic E-state index is 11.8. The van der Waals surface area contributed by atoms with Crippen LogP contribution in [0.2, 0.25) is 0 Å². The van der Waals surface area contributed by atoms with Gasteiger partial charge in [-0.05, 0) is 35.6 Å². The van der Waals surface area contributed by atoms with Gasteiger partial charge in [-0.25, -0.2) is 0 Å². The van der Waals surface area contributed by atoms with Crippen molar-refractivity contribution in [3.8, 4) is 5.75 Å². The fraction of sp³-hybridized carbons (Fsp3) is 0.316. The number of ether oxygens (including phenoxy) is 1. The Morgan fingerprint density at radius 1 is 1.05 bits per heavy atom. The van der Waals surface area contributed by atoms with Crippen molar-refractivity contribution >= 4 is 5.78 Å². The number of Topliss-reactive ketones (excluding diaryl/α,β-unsaturated/α-hetero) is 1. The van der Waals surface area contributed by atoms with Crippen LogP contribution in [0.5, 0.6) is 5.75 Å². The molecule has 0 amide bonds. The molecule has 0 saturated heterocycles. The highest BCUT2D eigenvalue weighted by atomic mass is 16.5. The highest BCUT2D eigenvalue weighted by molar-refractivity contribution is 5.96. The standard InChI is InChI=1S/C19H22O2/c1-14(20)17-11-10-16(19(2,3)4)12-18(17)21-13-15-8-6-5-7-9-15/h5-12H,13H2,1-4H3. The van der Waals surface area contributed by atoms with Crippen LogP contribution in [0.1, 0.15) is 49.2 Å². The van der Waals surface area contributed by atoms with Crippen LogP contribution >= 0.6 is 0 Å². The Labute approximate surface area is 126 Å². The molecule has 2 aromatic carbocycles. The van der Waals surface area contributed by atoms with Gasteiger partial charge in [0.25, 0.3) is 0 Å². The van der Waals surface area contributed by atoms with Gasteiger partial charge < -0.3 is 4.74 Å². The minimum Gasteiger partial charge on any atom is -0.488 e. The van der Waals surface area contributed by atoms with Crippen LogP contribution in [0.3, 0.4) is 0 Å². The molecule has 0 spiro atoms. The largest absolute Gasteiger partial charge is 0.488 e. The minimum absolute atomic E-state index is 0.0264. The number of ketones is 1. The molecule has 21 heavy (non-hydrogen) atoms. The third-order valence-electron chi connectivity index (χ3n) is 3.46. The lowest BCUT2D eigenvalue weighted by molar-refractivity contribution is 0.101. The molecule has 0 fully saturated rings. The fourth-order valence-corrected chi connectivity index (χ4v) is 2.13. The average Bonchev–Trinajstić information content (AvgIpc) is 2.45. The van der Waals surface area contributed by atoms with Gasteiger partial charge in [-0.1, -0.05) is 57.2 Å². The molecule has 2 rings (SSSR count). The van der Waals surface area contributed by atoms with Crippen molar-refractivity contribution in [2.24, 2.45) is 0 Å². The second-order valence-corrected chi connectivity index (χ2v) is 6.29. The van der Waals surface area contributed by atoms with Gasteiger partial charge in [0.1, 0.15) is 12.4 Å². The number of carbonyl (C=O) groups excluding carboxylic acids is 1. The molecule has 0 N–H and O–H groups in total. The molecule has 110 valence electrons. The fourth-order valence-electron chi connectivity index (χ4n) is 2.13. The van der Waals surface area contributed by atoms with Crippen molar-refractivity contribution < 1.29 is 9.53 Å². The molecule has 0 aromatic heterocycles. The first-order chi connectivity index (χ1) is 9.88. The van der Waals surface area contributed by atoms with E-state index in [9.17, 15) is 4.79 Å². The van der Waals surface area contributed by atoms with Gasteiger partial charge in [0.15, 0.2) is 5.78 Å². The van der Waals surface area contributed by atoms with Crippen molar-refractivity contribution in [3.05, 3.63) is 65.2 Å². The number of rotatable bonds is 4. The molecule has 0 aliphatic heterocycles. The Bertz CT molecular complexity index is 622. The molecule has 0 aliphatic carbocycles. The highest BCUT2D eigenvalue weighted by Crippen LogP contribution is 2.29. The maximum Gasteiger partial charge on any atom is 0.163 e. The molecule has 2 nitrogen and oxygen atoms in total. The van der Waals surface area contributed by atoms with Crippen LogP contribution in [0, 0.1) is 0 Å². The molecule has 0 saturated carbocycles. The molecule has 0 radical (unpaired) electrons. The Morgan fingerprint density at radius 3 is 2.29 bits per heavy atom. The smallest absolute Gasteiger partial charge is 0.163 e. The van der Waals surface area contributed by atoms with Crippen LogP contribution in [-0.4, -0.2) is 5.78 Å². The Kier molecular flexibility index (Phi) is 4.46. The quantitative estimate of drug-likeness (QED) is 0.755. The Balaban J connectivity index is 2.29. The summed E-state index contributed by atoms with van der Waals surface area (Å²) in [4.78, 5) is 11.8. The van der Waals surface area contributed by atoms with Crippen molar-refractivity contribution in [1.82, 2.24) is 0 Å². The summed E-state index contributed by atoms with van der Waals surface area (Å²) in [6.45, 7) is 8.49. The van der Waals surface area contributed by atoms with E-state index in [-0.39, 0.29) is 11.2 Å². The molecule has 2 heteroatoms. The van der Waals surface area contributed by atoms with E-state index in [0.29, 0.717) is 17.9 Å². The van der Waals surface area contributed by atoms with Gasteiger partial charge in [0, 0.05) is 0 Å². The van der Waals surface area contributed by atoms with E-state index in [2.05, 4.69) is 20.8 Å². The zero-order chi connectivity index (χ0) is 15.5. The summed E-state index contributed by atoms with van der Waals surface area (Å²) in [5, 5.41) is 0. The first kappa shape index (κ1) is 15.3. The molecule has 2 aromatic rings. The Hall–Kier alpha value is -2.09. The number of hydrogen-bond donors (Lipinski definition) is 0. The van der Waals surface area contributed by atoms with Crippen LogP contribution in [0.15, 0.2) is 48.5 Å². The SMILES string of the molecule is CC(=O)c1ccc(C(C)(C)C)cc1OCc1ccccc1. The maximum absolute atomic E-state index is 11.8. The first-order valence-corrected chi connectivity index (χ1v) is 7.20. The lowest BCUT2D eigenvalue weighted by Crippen LogP contribution is -2.12. The normalized spacial score (nSPS) is 11.2. The first-order valence-electron chi connectivity index (χ1n) is 7.20. The van der Waals surface area contributed by atoms with Crippen molar-refractivity contribution in [3.63, 3.8) is 0 Å². The van der Waals surface area contributed by atoms with Crippen LogP contribution in [0.4, 0.5) is 0 Å². The number of carbonyl (C=O) groups is 1. The van der Waals surface area contributed by atoms with E-state index in [1.807, 2.05) is 48.5 Å². The summed E-state index contributed by atoms with van der Waals surface area (Å²) >= 11 is 0. The van der Waals surface area contributed by atoms with Gasteiger partial charge in [-0.3, -0.25) is 4.79 Å². The predicted molar refractivity (Wildman–Crippen MR) is 85.9 cm³/mol. The summed E-state index contributed by atoms with van der Waals surface area (Å²) in [6, 6.07) is 15.8. The second kappa shape index (κ2) is 6.13. The average molecular weight is 282 g/mol. The number of hydrogen-bond acceptors (Lipinski definition) is 2. The molecule has 0 aliphatic rings. The summed E-state index contributed by atoms with van der Waals surface area (Å²) in [6.07, 6.45) is 0. The van der Waals surface area contributed by atoms with Gasteiger partial charge in [-0.2, -0.15) is 0 Å². The van der Waals surface area contributed by atoms with Crippen molar-refractivity contribution in [2.45, 2.75) is 39.7 Å². The van der Waals surface area contributed by atoms with Gasteiger partial charge in [-0.15, -0.1) is 0 Å². The van der Waals surface area contributed by atoms with Gasteiger partial charge in [0.05, 0.1) is 5.56 Å². The zero-order valence-corrected chi connectivity index (χ0v) is 13.1. The van der Waals surface area contributed by atoms with Crippen molar-refractivity contribution in [1.29, 1.82) is 0 Å². The zero-order valence-electron chi connectivity index (χ0n) is 13.1. The summed E-state index contributed by atoms with van der Waals surface area (Å²) < 4.78 is 5.90. The monoisotopic (exact) mass is 282 g/mol. The van der Waals surface area contributed by atoms with Gasteiger partial charge in [0.2, 0.25) is 0 Å². The molecule has 0 heterocycles. The minimum atomic E-state index is 0.0264. The third-order valence-corrected chi connectivity index (χ3v) is 3.46. The lowest BCUT2D eigenvalue weighted by atomic mass is 9.86. The molecule has 0 bridgehead atoms. The van der Waals surface area contributed by atoms with Crippen LogP contribution < -0.4 is 4.74 Å². The van der Waals surface area contributed by atoms with E-state index in [0.717, 1.165) is 11.1 Å². The van der Waals surface area contributed by atoms with Crippen LogP contribution in [0.25, 0.3) is 0 Å². The summed E-state index contributed by atoms with van der Waals surface area (Å²) in [5.74, 6) is 0.692. The molecule has 0 unspecified atom stereocenters. The van der Waals surface area contributed by atoms with E-state index in [1.54, 1.807) is 6.92 Å². The molecular formula is C19H22O2. The van der Waals surface area contributed by atoms with E-state index in [4.69, 9.17) is 4.74 Å².